The Bertz CT molecular complexity index is 549. The van der Waals surface area contributed by atoms with Crippen LogP contribution in [0.2, 0.25) is 0 Å². The van der Waals surface area contributed by atoms with Gasteiger partial charge >= 0.3 is 0 Å². The predicted octanol–water partition coefficient (Wildman–Crippen LogP) is 1.61. The predicted molar refractivity (Wildman–Crippen MR) is 89.0 cm³/mol. The van der Waals surface area contributed by atoms with Gasteiger partial charge in [-0.3, -0.25) is 4.79 Å². The second-order valence-electron chi connectivity index (χ2n) is 6.57. The van der Waals surface area contributed by atoms with Crippen LogP contribution in [0.4, 0.5) is 4.39 Å². The molecule has 4 nitrogen and oxygen atoms in total. The van der Waals surface area contributed by atoms with Gasteiger partial charge in [0, 0.05) is 25.6 Å². The van der Waals surface area contributed by atoms with E-state index in [0.717, 1.165) is 25.9 Å². The zero-order chi connectivity index (χ0) is 15.6. The number of carbonyl (C=O) groups is 1. The molecule has 2 heterocycles. The zero-order valence-electron chi connectivity index (χ0n) is 13.1. The molecule has 1 aromatic rings. The number of nitrogens with one attached hydrogen (secondary N) is 1. The fraction of sp³-hybridized carbons (Fsp3) is 0.588. The van der Waals surface area contributed by atoms with Crippen molar-refractivity contribution in [2.24, 2.45) is 11.3 Å². The lowest BCUT2D eigenvalue weighted by Crippen LogP contribution is -2.43. The summed E-state index contributed by atoms with van der Waals surface area (Å²) in [5.41, 5.74) is 0.759. The SMILES string of the molecule is Cl.O=C(Cc1cccc(F)c1)N1CC(CO)C2(CCNCC2)C1. The Balaban J connectivity index is 0.00000192. The third-order valence-electron chi connectivity index (χ3n) is 5.23. The summed E-state index contributed by atoms with van der Waals surface area (Å²) in [7, 11) is 0. The molecule has 1 atom stereocenters. The number of likely N-dealkylation sites (tertiary alicyclic amines) is 1. The number of benzene rings is 1. The summed E-state index contributed by atoms with van der Waals surface area (Å²) < 4.78 is 13.2. The maximum absolute atomic E-state index is 13.2. The molecule has 1 aromatic carbocycles. The number of piperidine rings is 1. The summed E-state index contributed by atoms with van der Waals surface area (Å²) in [4.78, 5) is 14.4. The van der Waals surface area contributed by atoms with Crippen molar-refractivity contribution in [3.8, 4) is 0 Å². The second-order valence-corrected chi connectivity index (χ2v) is 6.57. The van der Waals surface area contributed by atoms with Crippen LogP contribution in [-0.2, 0) is 11.2 Å². The summed E-state index contributed by atoms with van der Waals surface area (Å²) in [6.07, 6.45) is 2.23. The van der Waals surface area contributed by atoms with Gasteiger partial charge in [0.1, 0.15) is 5.82 Å². The van der Waals surface area contributed by atoms with Gasteiger partial charge in [-0.1, -0.05) is 12.1 Å². The highest BCUT2D eigenvalue weighted by Gasteiger charge is 2.47. The van der Waals surface area contributed by atoms with E-state index in [2.05, 4.69) is 5.32 Å². The largest absolute Gasteiger partial charge is 0.396 e. The van der Waals surface area contributed by atoms with E-state index < -0.39 is 0 Å². The van der Waals surface area contributed by atoms with Crippen LogP contribution >= 0.6 is 12.4 Å². The van der Waals surface area contributed by atoms with Crippen LogP contribution in [-0.4, -0.2) is 48.7 Å². The molecule has 0 bridgehead atoms. The van der Waals surface area contributed by atoms with E-state index in [-0.39, 0.29) is 48.5 Å². The highest BCUT2D eigenvalue weighted by molar-refractivity contribution is 5.85. The normalized spacial score (nSPS) is 22.9. The van der Waals surface area contributed by atoms with Crippen molar-refractivity contribution in [2.75, 3.05) is 32.8 Å². The number of rotatable bonds is 3. The Kier molecular flexibility index (Phi) is 6.00. The maximum Gasteiger partial charge on any atom is 0.227 e. The molecule has 0 aromatic heterocycles. The van der Waals surface area contributed by atoms with Gasteiger partial charge in [-0.15, -0.1) is 12.4 Å². The number of hydrogen-bond acceptors (Lipinski definition) is 3. The molecule has 1 unspecified atom stereocenters. The number of halogens is 2. The molecule has 2 N–H and O–H groups in total. The Hall–Kier alpha value is -1.17. The first-order chi connectivity index (χ1) is 10.6. The first-order valence-corrected chi connectivity index (χ1v) is 7.97. The summed E-state index contributed by atoms with van der Waals surface area (Å²) in [5, 5.41) is 13.0. The van der Waals surface area contributed by atoms with E-state index in [4.69, 9.17) is 0 Å². The van der Waals surface area contributed by atoms with Gasteiger partial charge < -0.3 is 15.3 Å². The summed E-state index contributed by atoms with van der Waals surface area (Å²) in [6.45, 7) is 3.35. The van der Waals surface area contributed by atoms with Gasteiger partial charge in [-0.25, -0.2) is 4.39 Å². The van der Waals surface area contributed by atoms with Crippen molar-refractivity contribution in [3.05, 3.63) is 35.6 Å². The Morgan fingerprint density at radius 2 is 2.13 bits per heavy atom. The van der Waals surface area contributed by atoms with Crippen molar-refractivity contribution >= 4 is 18.3 Å². The average molecular weight is 343 g/mol. The van der Waals surface area contributed by atoms with Crippen LogP contribution in [0.3, 0.4) is 0 Å². The highest BCUT2D eigenvalue weighted by atomic mass is 35.5. The van der Waals surface area contributed by atoms with E-state index in [9.17, 15) is 14.3 Å². The Morgan fingerprint density at radius 3 is 2.78 bits per heavy atom. The standard InChI is InChI=1S/C17H23FN2O2.ClH/c18-15-3-1-2-13(8-15)9-16(22)20-10-14(11-21)17(12-20)4-6-19-7-5-17;/h1-3,8,14,19,21H,4-7,9-12H2;1H. The van der Waals surface area contributed by atoms with Crippen LogP contribution in [0.25, 0.3) is 0 Å². The average Bonchev–Trinajstić information content (AvgIpc) is 2.86. The summed E-state index contributed by atoms with van der Waals surface area (Å²) in [6, 6.07) is 6.21. The quantitative estimate of drug-likeness (QED) is 0.877. The molecular weight excluding hydrogens is 319 g/mol. The van der Waals surface area contributed by atoms with Crippen molar-refractivity contribution in [1.82, 2.24) is 10.2 Å². The first kappa shape index (κ1) is 18.2. The van der Waals surface area contributed by atoms with Crippen molar-refractivity contribution in [3.63, 3.8) is 0 Å². The minimum absolute atomic E-state index is 0. The first-order valence-electron chi connectivity index (χ1n) is 7.97. The molecule has 0 radical (unpaired) electrons. The molecule has 0 aliphatic carbocycles. The van der Waals surface area contributed by atoms with E-state index in [1.165, 1.54) is 12.1 Å². The molecule has 128 valence electrons. The lowest BCUT2D eigenvalue weighted by Gasteiger charge is -2.37. The number of carbonyl (C=O) groups excluding carboxylic acids is 1. The molecule has 1 amide bonds. The lowest BCUT2D eigenvalue weighted by molar-refractivity contribution is -0.130. The summed E-state index contributed by atoms with van der Waals surface area (Å²) in [5.74, 6) is -0.125. The lowest BCUT2D eigenvalue weighted by atomic mass is 9.71. The van der Waals surface area contributed by atoms with Crippen LogP contribution in [0.5, 0.6) is 0 Å². The molecule has 23 heavy (non-hydrogen) atoms. The molecule has 2 saturated heterocycles. The Morgan fingerprint density at radius 1 is 1.39 bits per heavy atom. The number of nitrogens with zero attached hydrogens (tertiary/aromatic N) is 1. The van der Waals surface area contributed by atoms with Crippen LogP contribution in [0.15, 0.2) is 24.3 Å². The molecule has 1 spiro atoms. The molecule has 3 rings (SSSR count). The minimum Gasteiger partial charge on any atom is -0.396 e. The zero-order valence-corrected chi connectivity index (χ0v) is 13.9. The van der Waals surface area contributed by atoms with Crippen molar-refractivity contribution < 1.29 is 14.3 Å². The molecular formula is C17H24ClFN2O2. The van der Waals surface area contributed by atoms with Gasteiger partial charge in [-0.05, 0) is 49.0 Å². The number of aliphatic hydroxyl groups is 1. The monoisotopic (exact) mass is 342 g/mol. The molecule has 0 saturated carbocycles. The van der Waals surface area contributed by atoms with E-state index >= 15 is 0 Å². The van der Waals surface area contributed by atoms with E-state index in [1.807, 2.05) is 4.90 Å². The second kappa shape index (κ2) is 7.60. The fourth-order valence-corrected chi connectivity index (χ4v) is 3.90. The molecule has 2 aliphatic rings. The van der Waals surface area contributed by atoms with Crippen molar-refractivity contribution in [2.45, 2.75) is 19.3 Å². The van der Waals surface area contributed by atoms with Gasteiger partial charge in [-0.2, -0.15) is 0 Å². The highest BCUT2D eigenvalue weighted by Crippen LogP contribution is 2.43. The van der Waals surface area contributed by atoms with Gasteiger partial charge in [0.05, 0.1) is 6.42 Å². The third-order valence-corrected chi connectivity index (χ3v) is 5.23. The number of amides is 1. The topological polar surface area (TPSA) is 52.6 Å². The number of hydrogen-bond donors (Lipinski definition) is 2. The smallest absolute Gasteiger partial charge is 0.227 e. The van der Waals surface area contributed by atoms with Gasteiger partial charge in [0.2, 0.25) is 5.91 Å². The molecule has 2 fully saturated rings. The van der Waals surface area contributed by atoms with E-state index in [1.54, 1.807) is 12.1 Å². The van der Waals surface area contributed by atoms with Crippen molar-refractivity contribution in [1.29, 1.82) is 0 Å². The maximum atomic E-state index is 13.2. The minimum atomic E-state index is -0.310. The van der Waals surface area contributed by atoms with Crippen LogP contribution < -0.4 is 5.32 Å². The summed E-state index contributed by atoms with van der Waals surface area (Å²) >= 11 is 0. The van der Waals surface area contributed by atoms with E-state index in [0.29, 0.717) is 18.7 Å². The fourth-order valence-electron chi connectivity index (χ4n) is 3.90. The Labute approximate surface area is 142 Å². The number of aliphatic hydroxyl groups excluding tert-OH is 1. The third kappa shape index (κ3) is 3.84. The van der Waals surface area contributed by atoms with Gasteiger partial charge in [0.25, 0.3) is 0 Å². The molecule has 2 aliphatic heterocycles. The molecule has 6 heteroatoms. The van der Waals surface area contributed by atoms with Gasteiger partial charge in [0.15, 0.2) is 0 Å². The van der Waals surface area contributed by atoms with Crippen LogP contribution in [0.1, 0.15) is 18.4 Å². The van der Waals surface area contributed by atoms with Crippen LogP contribution in [0, 0.1) is 17.2 Å².